The van der Waals surface area contributed by atoms with Gasteiger partial charge in [-0.3, -0.25) is 14.7 Å². The number of amides is 3. The van der Waals surface area contributed by atoms with Crippen molar-refractivity contribution in [3.63, 3.8) is 0 Å². The Bertz CT molecular complexity index is 426. The zero-order chi connectivity index (χ0) is 17.1. The lowest BCUT2D eigenvalue weighted by Crippen LogP contribution is -2.40. The minimum Gasteiger partial charge on any atom is -0.357 e. The van der Waals surface area contributed by atoms with Crippen LogP contribution in [0.15, 0.2) is 17.6 Å². The minimum absolute atomic E-state index is 0. The predicted octanol–water partition coefficient (Wildman–Crippen LogP) is 1.80. The molecule has 0 spiro atoms. The number of nitrogens with one attached hydrogen (secondary N) is 2. The van der Waals surface area contributed by atoms with Gasteiger partial charge in [-0.1, -0.05) is 12.5 Å². The molecule has 0 aromatic heterocycles. The molecule has 2 N–H and O–H groups in total. The number of allylic oxidation sites excluding steroid dienone is 1. The van der Waals surface area contributed by atoms with E-state index in [9.17, 15) is 9.59 Å². The van der Waals surface area contributed by atoms with Gasteiger partial charge < -0.3 is 15.5 Å². The summed E-state index contributed by atoms with van der Waals surface area (Å²) in [6.07, 6.45) is 6.44. The van der Waals surface area contributed by atoms with E-state index in [1.807, 2.05) is 20.0 Å². The third-order valence-electron chi connectivity index (χ3n) is 3.62. The minimum atomic E-state index is -0.328. The number of hydrogen-bond acceptors (Lipinski definition) is 3. The fourth-order valence-electron chi connectivity index (χ4n) is 2.33. The van der Waals surface area contributed by atoms with Crippen molar-refractivity contribution in [2.75, 3.05) is 39.8 Å². The molecule has 7 nitrogen and oxygen atoms in total. The SMILES string of the molecule is C=CCCCCCN(C)C(=NCCN1C(=O)CNC1=O)NCC.I. The van der Waals surface area contributed by atoms with Crippen LogP contribution in [0.1, 0.15) is 32.6 Å². The third kappa shape index (κ3) is 7.98. The number of carbonyl (C=O) groups excluding carboxylic acids is 2. The highest BCUT2D eigenvalue weighted by atomic mass is 127. The maximum Gasteiger partial charge on any atom is 0.324 e. The number of halogens is 1. The molecule has 0 atom stereocenters. The Kier molecular flexibility index (Phi) is 12.3. The average molecular weight is 451 g/mol. The average Bonchev–Trinajstić information content (AvgIpc) is 2.85. The number of unbranched alkanes of at least 4 members (excludes halogenated alkanes) is 3. The fourth-order valence-corrected chi connectivity index (χ4v) is 2.33. The van der Waals surface area contributed by atoms with Gasteiger partial charge in [0.2, 0.25) is 5.91 Å². The van der Waals surface area contributed by atoms with Gasteiger partial charge in [-0.2, -0.15) is 0 Å². The molecule has 1 rings (SSSR count). The molecule has 0 unspecified atom stereocenters. The van der Waals surface area contributed by atoms with E-state index < -0.39 is 0 Å². The third-order valence-corrected chi connectivity index (χ3v) is 3.62. The van der Waals surface area contributed by atoms with Crippen molar-refractivity contribution in [2.45, 2.75) is 32.6 Å². The van der Waals surface area contributed by atoms with Crippen molar-refractivity contribution >= 4 is 41.9 Å². The normalized spacial score (nSPS) is 14.2. The molecule has 0 radical (unpaired) electrons. The molecule has 8 heteroatoms. The zero-order valence-corrected chi connectivity index (χ0v) is 17.0. The molecule has 0 saturated carbocycles. The van der Waals surface area contributed by atoms with Crippen LogP contribution in [-0.2, 0) is 4.79 Å². The zero-order valence-electron chi connectivity index (χ0n) is 14.7. The van der Waals surface area contributed by atoms with Gasteiger partial charge in [-0.05, 0) is 26.2 Å². The fraction of sp³-hybridized carbons (Fsp3) is 0.688. The van der Waals surface area contributed by atoms with E-state index in [1.54, 1.807) is 0 Å². The van der Waals surface area contributed by atoms with Gasteiger partial charge in [0.05, 0.1) is 19.6 Å². The lowest BCUT2D eigenvalue weighted by atomic mass is 10.2. The van der Waals surface area contributed by atoms with Crippen LogP contribution in [0.2, 0.25) is 0 Å². The van der Waals surface area contributed by atoms with Crippen molar-refractivity contribution in [1.29, 1.82) is 0 Å². The van der Waals surface area contributed by atoms with Gasteiger partial charge in [-0.25, -0.2) is 4.79 Å². The smallest absolute Gasteiger partial charge is 0.324 e. The molecule has 138 valence electrons. The summed E-state index contributed by atoms with van der Waals surface area (Å²) in [5.41, 5.74) is 0. The lowest BCUT2D eigenvalue weighted by Gasteiger charge is -2.22. The standard InChI is InChI=1S/C16H29N5O2.HI/c1-4-6-7-8-9-11-20(3)15(17-5-2)18-10-12-21-14(22)13-19-16(21)23;/h4H,1,5-13H2,2-3H3,(H,17,18)(H,19,23);1H. The summed E-state index contributed by atoms with van der Waals surface area (Å²) in [5, 5.41) is 5.74. The lowest BCUT2D eigenvalue weighted by molar-refractivity contribution is -0.124. The number of guanidine groups is 1. The Morgan fingerprint density at radius 1 is 1.42 bits per heavy atom. The van der Waals surface area contributed by atoms with Gasteiger partial charge in [0.15, 0.2) is 5.96 Å². The molecule has 1 aliphatic heterocycles. The molecule has 1 fully saturated rings. The highest BCUT2D eigenvalue weighted by molar-refractivity contribution is 14.0. The number of aliphatic imine (C=N–C) groups is 1. The van der Waals surface area contributed by atoms with Gasteiger partial charge >= 0.3 is 6.03 Å². The first kappa shape index (κ1) is 22.7. The van der Waals surface area contributed by atoms with Crippen LogP contribution in [0.25, 0.3) is 0 Å². The second-order valence-corrected chi connectivity index (χ2v) is 5.50. The van der Waals surface area contributed by atoms with Crippen LogP contribution < -0.4 is 10.6 Å². The van der Waals surface area contributed by atoms with Gasteiger partial charge in [0.1, 0.15) is 0 Å². The van der Waals surface area contributed by atoms with Crippen molar-refractivity contribution in [3.05, 3.63) is 12.7 Å². The molecule has 1 heterocycles. The molecule has 24 heavy (non-hydrogen) atoms. The summed E-state index contributed by atoms with van der Waals surface area (Å²) in [6, 6.07) is -0.328. The van der Waals surface area contributed by atoms with Gasteiger partial charge in [0.25, 0.3) is 0 Å². The van der Waals surface area contributed by atoms with E-state index >= 15 is 0 Å². The molecule has 3 amide bonds. The summed E-state index contributed by atoms with van der Waals surface area (Å²) in [7, 11) is 2.00. The molecule has 0 aromatic rings. The van der Waals surface area contributed by atoms with Crippen LogP contribution in [0.3, 0.4) is 0 Å². The number of imide groups is 1. The molecule has 0 bridgehead atoms. The van der Waals surface area contributed by atoms with E-state index in [0.717, 1.165) is 44.7 Å². The van der Waals surface area contributed by atoms with Gasteiger partial charge in [-0.15, -0.1) is 30.6 Å². The topological polar surface area (TPSA) is 77.0 Å². The van der Waals surface area contributed by atoms with Crippen LogP contribution in [0.5, 0.6) is 0 Å². The van der Waals surface area contributed by atoms with Crippen molar-refractivity contribution < 1.29 is 9.59 Å². The van der Waals surface area contributed by atoms with E-state index in [4.69, 9.17) is 0 Å². The number of rotatable bonds is 10. The first-order valence-electron chi connectivity index (χ1n) is 8.28. The van der Waals surface area contributed by atoms with Crippen LogP contribution in [0, 0.1) is 0 Å². The first-order valence-corrected chi connectivity index (χ1v) is 8.28. The van der Waals surface area contributed by atoms with Crippen LogP contribution in [0.4, 0.5) is 4.79 Å². The molecule has 1 saturated heterocycles. The highest BCUT2D eigenvalue weighted by Crippen LogP contribution is 2.02. The highest BCUT2D eigenvalue weighted by Gasteiger charge is 2.27. The first-order chi connectivity index (χ1) is 11.1. The van der Waals surface area contributed by atoms with E-state index in [2.05, 4.69) is 27.1 Å². The summed E-state index contributed by atoms with van der Waals surface area (Å²) in [5.74, 6) is 0.619. The number of nitrogens with zero attached hydrogens (tertiary/aromatic N) is 3. The Labute approximate surface area is 161 Å². The summed E-state index contributed by atoms with van der Waals surface area (Å²) in [6.45, 7) is 8.26. The largest absolute Gasteiger partial charge is 0.357 e. The Balaban J connectivity index is 0.00000529. The number of urea groups is 1. The van der Waals surface area contributed by atoms with E-state index in [1.165, 1.54) is 4.90 Å². The monoisotopic (exact) mass is 451 g/mol. The van der Waals surface area contributed by atoms with E-state index in [0.29, 0.717) is 13.1 Å². The Hall–Kier alpha value is -1.32. The van der Waals surface area contributed by atoms with Crippen molar-refractivity contribution in [3.8, 4) is 0 Å². The molecule has 0 aromatic carbocycles. The number of hydrogen-bond donors (Lipinski definition) is 2. The molecular formula is C16H30IN5O2. The van der Waals surface area contributed by atoms with Crippen molar-refractivity contribution in [1.82, 2.24) is 20.4 Å². The van der Waals surface area contributed by atoms with Gasteiger partial charge in [0, 0.05) is 20.1 Å². The second-order valence-electron chi connectivity index (χ2n) is 5.50. The molecular weight excluding hydrogens is 421 g/mol. The van der Waals surface area contributed by atoms with Crippen LogP contribution in [-0.4, -0.2) is 67.5 Å². The summed E-state index contributed by atoms with van der Waals surface area (Å²) < 4.78 is 0. The summed E-state index contributed by atoms with van der Waals surface area (Å²) in [4.78, 5) is 30.8. The Morgan fingerprint density at radius 2 is 2.17 bits per heavy atom. The number of carbonyl (C=O) groups is 2. The maximum absolute atomic E-state index is 11.5. The summed E-state index contributed by atoms with van der Waals surface area (Å²) >= 11 is 0. The Morgan fingerprint density at radius 3 is 2.75 bits per heavy atom. The molecule has 1 aliphatic rings. The predicted molar refractivity (Wildman–Crippen MR) is 108 cm³/mol. The second kappa shape index (κ2) is 13.0. The van der Waals surface area contributed by atoms with Crippen LogP contribution >= 0.6 is 24.0 Å². The maximum atomic E-state index is 11.5. The van der Waals surface area contributed by atoms with Crippen molar-refractivity contribution in [2.24, 2.45) is 4.99 Å². The van der Waals surface area contributed by atoms with E-state index in [-0.39, 0.29) is 42.5 Å². The quantitative estimate of drug-likeness (QED) is 0.133. The molecule has 0 aliphatic carbocycles.